The molecule has 1 saturated heterocycles. The Kier molecular flexibility index (Phi) is 20.4. The number of rotatable bonds is 32. The summed E-state index contributed by atoms with van der Waals surface area (Å²) in [6, 6.07) is 18.8. The number of unbranched alkanes of at least 4 members (excludes halogenated alkanes) is 15. The number of hydrogen-bond donors (Lipinski definition) is 0. The highest BCUT2D eigenvalue weighted by Crippen LogP contribution is 2.67. The number of nitrogens with zero attached hydrogens (tertiary/aromatic N) is 2. The summed E-state index contributed by atoms with van der Waals surface area (Å²) in [6.45, 7) is 32.2. The summed E-state index contributed by atoms with van der Waals surface area (Å²) in [5.41, 5.74) is 8.67. The van der Waals surface area contributed by atoms with Crippen LogP contribution in [0.4, 0.5) is 0 Å². The van der Waals surface area contributed by atoms with Crippen LogP contribution in [0.2, 0.25) is 12.1 Å². The highest BCUT2D eigenvalue weighted by Gasteiger charge is 2.57. The Morgan fingerprint density at radius 2 is 1.04 bits per heavy atom. The predicted octanol–water partition coefficient (Wildman–Crippen LogP) is 24.1. The third-order valence-corrected chi connectivity index (χ3v) is 34.8. The van der Waals surface area contributed by atoms with Crippen molar-refractivity contribution in [2.24, 2.45) is 17.3 Å². The van der Waals surface area contributed by atoms with Gasteiger partial charge in [-0.2, -0.15) is 8.75 Å². The van der Waals surface area contributed by atoms with Crippen molar-refractivity contribution < 1.29 is 0 Å². The van der Waals surface area contributed by atoms with E-state index < -0.39 is 8.07 Å². The van der Waals surface area contributed by atoms with Crippen LogP contribution in [0.25, 0.3) is 51.4 Å². The molecule has 0 bridgehead atoms. The first kappa shape index (κ1) is 61.0. The lowest BCUT2D eigenvalue weighted by molar-refractivity contribution is 0.152. The van der Waals surface area contributed by atoms with Crippen LogP contribution in [0, 0.1) is 17.3 Å². The number of hydrogen-bond acceptors (Lipinski definition) is 8. The summed E-state index contributed by atoms with van der Waals surface area (Å²) >= 11 is 12.4. The van der Waals surface area contributed by atoms with Crippen molar-refractivity contribution in [1.82, 2.24) is 8.75 Å². The zero-order valence-electron chi connectivity index (χ0n) is 51.1. The second-order valence-corrected chi connectivity index (χ2v) is 37.0. The number of thioether (sulfide) groups is 1. The Bertz CT molecular complexity index is 2880. The SMILES string of the molecule is CCCCCCC1C(C)C(c2cc3c(s2)-c2sc(-c4ccc(-c5cc6c(s5)-c5sc(C(C)(C)CC)cc5C6(CCCCCC)CCCCCC)c5nsnc45)cc2[Si]3(CCCCCC)CCCCCC)SC1(C)C(C)(C)CC. The molecular formula is C69H102N2S6Si. The van der Waals surface area contributed by atoms with Crippen molar-refractivity contribution in [3.63, 3.8) is 0 Å². The second-order valence-electron chi connectivity index (χ2n) is 26.4. The van der Waals surface area contributed by atoms with Gasteiger partial charge in [-0.1, -0.05) is 224 Å². The van der Waals surface area contributed by atoms with Gasteiger partial charge in [0.1, 0.15) is 19.1 Å². The molecule has 1 fully saturated rings. The number of thiophene rings is 4. The lowest BCUT2D eigenvalue weighted by Gasteiger charge is -2.45. The Morgan fingerprint density at radius 3 is 1.60 bits per heavy atom. The molecule has 2 nitrogen and oxygen atoms in total. The third-order valence-electron chi connectivity index (χ3n) is 20.8. The Hall–Kier alpha value is -1.59. The van der Waals surface area contributed by atoms with Crippen molar-refractivity contribution in [2.75, 3.05) is 0 Å². The van der Waals surface area contributed by atoms with E-state index in [1.165, 1.54) is 199 Å². The quantitative estimate of drug-likeness (QED) is 0.0311. The van der Waals surface area contributed by atoms with Crippen LogP contribution in [0.5, 0.6) is 0 Å². The van der Waals surface area contributed by atoms with Crippen molar-refractivity contribution >= 4 is 98.3 Å². The largest absolute Gasteiger partial charge is 0.172 e. The van der Waals surface area contributed by atoms with Gasteiger partial charge in [-0.15, -0.1) is 57.1 Å². The molecule has 2 aliphatic heterocycles. The molecular weight excluding hydrogens is 1080 g/mol. The molecule has 3 aliphatic rings. The molecule has 5 aromatic heterocycles. The Labute approximate surface area is 501 Å². The van der Waals surface area contributed by atoms with E-state index in [9.17, 15) is 0 Å². The first-order valence-corrected chi connectivity index (χ1v) is 39.4. The molecule has 0 N–H and O–H groups in total. The third kappa shape index (κ3) is 11.4. The van der Waals surface area contributed by atoms with E-state index in [1.807, 2.05) is 5.19 Å². The number of fused-ring (bicyclic) bond motifs is 7. The molecule has 9 rings (SSSR count). The van der Waals surface area contributed by atoms with Gasteiger partial charge in [0.15, 0.2) is 0 Å². The van der Waals surface area contributed by atoms with E-state index in [1.54, 1.807) is 45.6 Å². The fourth-order valence-corrected chi connectivity index (χ4v) is 30.1. The van der Waals surface area contributed by atoms with Crippen molar-refractivity contribution in [2.45, 2.75) is 283 Å². The molecule has 1 aliphatic carbocycles. The highest BCUT2D eigenvalue weighted by molar-refractivity contribution is 8.01. The molecule has 4 atom stereocenters. The van der Waals surface area contributed by atoms with Crippen LogP contribution in [-0.4, -0.2) is 21.6 Å². The Balaban J connectivity index is 1.13. The minimum Gasteiger partial charge on any atom is -0.172 e. The summed E-state index contributed by atoms with van der Waals surface area (Å²) in [5, 5.41) is 4.19. The molecule has 0 amide bonds. The monoisotopic (exact) mass is 1180 g/mol. The molecule has 0 radical (unpaired) electrons. The van der Waals surface area contributed by atoms with E-state index in [2.05, 4.69) is 184 Å². The van der Waals surface area contributed by atoms with Gasteiger partial charge in [-0.3, -0.25) is 0 Å². The average molecular weight is 1180 g/mol. The maximum atomic E-state index is 5.27. The lowest BCUT2D eigenvalue weighted by Crippen LogP contribution is -2.54. The number of aromatic nitrogens is 2. The van der Waals surface area contributed by atoms with Gasteiger partial charge in [-0.05, 0) is 120 Å². The molecule has 428 valence electrons. The summed E-state index contributed by atoms with van der Waals surface area (Å²) in [6.07, 6.45) is 33.0. The molecule has 0 spiro atoms. The first-order valence-electron chi connectivity index (χ1n) is 32.2. The molecule has 9 heteroatoms. The summed E-state index contributed by atoms with van der Waals surface area (Å²) in [7, 11) is -2.08. The smallest absolute Gasteiger partial charge is 0.122 e. The van der Waals surface area contributed by atoms with E-state index in [-0.39, 0.29) is 21.0 Å². The molecule has 0 saturated carbocycles. The van der Waals surface area contributed by atoms with Crippen LogP contribution < -0.4 is 10.4 Å². The highest BCUT2D eigenvalue weighted by atomic mass is 32.2. The van der Waals surface area contributed by atoms with Gasteiger partial charge in [-0.25, -0.2) is 0 Å². The van der Waals surface area contributed by atoms with Gasteiger partial charge in [0, 0.05) is 65.6 Å². The van der Waals surface area contributed by atoms with Crippen LogP contribution in [0.3, 0.4) is 0 Å². The fourth-order valence-electron chi connectivity index (χ4n) is 14.7. The van der Waals surface area contributed by atoms with Crippen molar-refractivity contribution in [3.8, 4) is 40.4 Å². The zero-order chi connectivity index (χ0) is 55.5. The summed E-state index contributed by atoms with van der Waals surface area (Å²) in [4.78, 5) is 12.5. The predicted molar refractivity (Wildman–Crippen MR) is 359 cm³/mol. The van der Waals surface area contributed by atoms with E-state index in [0.717, 1.165) is 23.4 Å². The minimum absolute atomic E-state index is 0.0938. The molecule has 4 unspecified atom stereocenters. The first-order chi connectivity index (χ1) is 37.6. The molecule has 78 heavy (non-hydrogen) atoms. The molecule has 1 aromatic carbocycles. The van der Waals surface area contributed by atoms with Gasteiger partial charge >= 0.3 is 0 Å². The average Bonchev–Trinajstić information content (AvgIpc) is 4.28. The van der Waals surface area contributed by atoms with Crippen molar-refractivity contribution in [1.29, 1.82) is 0 Å². The van der Waals surface area contributed by atoms with E-state index >= 15 is 0 Å². The standard InChI is InChI=1S/C69H102N2S6Si/c1-14-21-26-31-36-50-47(8)61(76-68(50,13)67(11,12)20-7)55-46-57-65(74-55)64-56(78(57,41-34-29-24-17-4)42-35-30-25-18-5)45-54(73-64)49-38-37-48(59-60(49)71-77-70-59)53-43-51-62(72-53)63-52(44-58(75-63)66(9,10)19-6)69(51,39-32-27-22-15-2)40-33-28-23-16-3/h37-38,43-47,50,61H,14-36,39-42H2,1-13H3. The maximum Gasteiger partial charge on any atom is 0.122 e. The summed E-state index contributed by atoms with van der Waals surface area (Å²) < 4.78 is 10.8. The van der Waals surface area contributed by atoms with Crippen LogP contribution >= 0.6 is 68.8 Å². The van der Waals surface area contributed by atoms with Crippen LogP contribution in [-0.2, 0) is 10.8 Å². The normalized spacial score (nSPS) is 20.3. The topological polar surface area (TPSA) is 25.8 Å². The fraction of sp³-hybridized carbons (Fsp3) is 0.681. The second kappa shape index (κ2) is 26.1. The van der Waals surface area contributed by atoms with Gasteiger partial charge < -0.3 is 0 Å². The minimum atomic E-state index is -2.08. The summed E-state index contributed by atoms with van der Waals surface area (Å²) in [5.74, 6) is 1.42. The lowest BCUT2D eigenvalue weighted by atomic mass is 9.65. The maximum absolute atomic E-state index is 5.27. The Morgan fingerprint density at radius 1 is 0.538 bits per heavy atom. The molecule has 6 aromatic rings. The van der Waals surface area contributed by atoms with Crippen LogP contribution in [0.1, 0.15) is 277 Å². The number of benzene rings is 1. The van der Waals surface area contributed by atoms with Gasteiger partial charge in [0.2, 0.25) is 0 Å². The zero-order valence-corrected chi connectivity index (χ0v) is 57.0. The van der Waals surface area contributed by atoms with Gasteiger partial charge in [0.25, 0.3) is 0 Å². The van der Waals surface area contributed by atoms with Crippen LogP contribution in [0.15, 0.2) is 36.4 Å². The van der Waals surface area contributed by atoms with Gasteiger partial charge in [0.05, 0.1) is 11.7 Å². The van der Waals surface area contributed by atoms with E-state index in [4.69, 9.17) is 8.75 Å². The molecule has 7 heterocycles. The van der Waals surface area contributed by atoms with Crippen molar-refractivity contribution in [3.05, 3.63) is 57.3 Å². The van der Waals surface area contributed by atoms with E-state index in [0.29, 0.717) is 11.2 Å².